The minimum Gasteiger partial charge on any atom is -0.330 e. The molecular formula is C29H32N6O. The summed E-state index contributed by atoms with van der Waals surface area (Å²) in [6, 6.07) is 14.0. The highest BCUT2D eigenvalue weighted by Crippen LogP contribution is 2.36. The van der Waals surface area contributed by atoms with Crippen LogP contribution in [-0.4, -0.2) is 43.0 Å². The van der Waals surface area contributed by atoms with E-state index in [1.165, 1.54) is 0 Å². The summed E-state index contributed by atoms with van der Waals surface area (Å²) < 4.78 is 1.88. The molecule has 2 aliphatic rings. The van der Waals surface area contributed by atoms with Crippen molar-refractivity contribution in [2.24, 2.45) is 5.73 Å². The smallest absolute Gasteiger partial charge is 0.255 e. The lowest BCUT2D eigenvalue weighted by molar-refractivity contribution is 0.0606. The van der Waals surface area contributed by atoms with Crippen LogP contribution in [0.25, 0.3) is 16.8 Å². The Balaban J connectivity index is 1.34. The van der Waals surface area contributed by atoms with Crippen LogP contribution in [-0.2, 0) is 0 Å². The molecule has 3 atom stereocenters. The molecule has 7 heteroatoms. The topological polar surface area (TPSA) is 89.4 Å². The van der Waals surface area contributed by atoms with Gasteiger partial charge in [-0.15, -0.1) is 0 Å². The monoisotopic (exact) mass is 480 g/mol. The first-order chi connectivity index (χ1) is 17.6. The lowest BCUT2D eigenvalue weighted by Crippen LogP contribution is -2.39. The highest BCUT2D eigenvalue weighted by molar-refractivity contribution is 6.01. The number of aryl methyl sites for hydroxylation is 1. The van der Waals surface area contributed by atoms with E-state index in [-0.39, 0.29) is 18.0 Å². The van der Waals surface area contributed by atoms with Crippen LogP contribution in [0.5, 0.6) is 0 Å². The molecule has 1 aromatic carbocycles. The van der Waals surface area contributed by atoms with Crippen molar-refractivity contribution in [1.29, 1.82) is 0 Å². The molecule has 1 aliphatic carbocycles. The van der Waals surface area contributed by atoms with E-state index < -0.39 is 0 Å². The van der Waals surface area contributed by atoms with E-state index in [0.29, 0.717) is 11.5 Å². The highest BCUT2D eigenvalue weighted by atomic mass is 16.2. The number of hydrogen-bond donors (Lipinski definition) is 1. The second-order valence-electron chi connectivity index (χ2n) is 10.2. The number of amides is 1. The molecule has 1 saturated heterocycles. The molecule has 0 bridgehead atoms. The number of benzene rings is 1. The quantitative estimate of drug-likeness (QED) is 0.441. The van der Waals surface area contributed by atoms with E-state index in [9.17, 15) is 4.79 Å². The van der Waals surface area contributed by atoms with Gasteiger partial charge in [0.1, 0.15) is 0 Å². The first-order valence-electron chi connectivity index (χ1n) is 13.0. The van der Waals surface area contributed by atoms with Gasteiger partial charge in [0.25, 0.3) is 5.91 Å². The number of pyridine rings is 1. The van der Waals surface area contributed by atoms with E-state index in [4.69, 9.17) is 15.8 Å². The molecule has 36 heavy (non-hydrogen) atoms. The van der Waals surface area contributed by atoms with Crippen LogP contribution in [0.1, 0.15) is 77.8 Å². The SMILES string of the molecule is Cc1cn2nc([C@@H]3CCCCN3C(=O)c3ccccc3-c3cccnc3)cc2nc1C1CC[C@H](N)C1. The summed E-state index contributed by atoms with van der Waals surface area (Å²) in [6.07, 6.45) is 11.7. The maximum atomic E-state index is 13.9. The summed E-state index contributed by atoms with van der Waals surface area (Å²) in [7, 11) is 0. The van der Waals surface area contributed by atoms with Gasteiger partial charge in [-0.25, -0.2) is 9.50 Å². The zero-order chi connectivity index (χ0) is 24.6. The molecule has 0 radical (unpaired) electrons. The molecule has 0 spiro atoms. The molecule has 6 rings (SSSR count). The van der Waals surface area contributed by atoms with E-state index in [1.807, 2.05) is 52.0 Å². The van der Waals surface area contributed by atoms with Gasteiger partial charge in [-0.1, -0.05) is 24.3 Å². The molecule has 2 fully saturated rings. The first kappa shape index (κ1) is 22.9. The number of carbonyl (C=O) groups excluding carboxylic acids is 1. The highest BCUT2D eigenvalue weighted by Gasteiger charge is 2.32. The second-order valence-corrected chi connectivity index (χ2v) is 10.2. The van der Waals surface area contributed by atoms with Gasteiger partial charge in [-0.05, 0) is 68.7 Å². The van der Waals surface area contributed by atoms with Crippen LogP contribution in [0.4, 0.5) is 0 Å². The number of piperidine rings is 1. The van der Waals surface area contributed by atoms with Gasteiger partial charge in [0.2, 0.25) is 0 Å². The van der Waals surface area contributed by atoms with E-state index >= 15 is 0 Å². The number of fused-ring (bicyclic) bond motifs is 1. The van der Waals surface area contributed by atoms with Gasteiger partial charge >= 0.3 is 0 Å². The third kappa shape index (κ3) is 4.17. The predicted octanol–water partition coefficient (Wildman–Crippen LogP) is 5.06. The van der Waals surface area contributed by atoms with Crippen molar-refractivity contribution in [2.75, 3.05) is 6.54 Å². The Labute approximate surface area is 211 Å². The van der Waals surface area contributed by atoms with E-state index in [0.717, 1.165) is 78.8 Å². The van der Waals surface area contributed by atoms with Gasteiger partial charge in [0.15, 0.2) is 5.65 Å². The number of nitrogens with two attached hydrogens (primary N) is 1. The Hall–Kier alpha value is -3.58. The molecule has 7 nitrogen and oxygen atoms in total. The van der Waals surface area contributed by atoms with E-state index in [2.05, 4.69) is 24.2 Å². The van der Waals surface area contributed by atoms with Gasteiger partial charge in [0, 0.05) is 54.3 Å². The van der Waals surface area contributed by atoms with Gasteiger partial charge < -0.3 is 10.6 Å². The summed E-state index contributed by atoms with van der Waals surface area (Å²) in [5, 5.41) is 4.91. The Morgan fingerprint density at radius 2 is 1.97 bits per heavy atom. The molecule has 1 amide bonds. The standard InChI is InChI=1S/C29H32N6O/c1-19-18-35-27(32-28(19)20-11-12-22(30)15-20)16-25(33-35)26-10-4-5-14-34(26)29(36)24-9-3-2-8-23(24)21-7-6-13-31-17-21/h2-3,6-9,13,16-18,20,22,26H,4-5,10-12,14-15,30H2,1H3/t20?,22-,26-/m0/s1. The molecule has 2 N–H and O–H groups in total. The number of aromatic nitrogens is 4. The van der Waals surface area contributed by atoms with Crippen molar-refractivity contribution in [3.05, 3.63) is 83.6 Å². The average molecular weight is 481 g/mol. The number of nitrogens with zero attached hydrogens (tertiary/aromatic N) is 5. The Bertz CT molecular complexity index is 1400. The molecule has 4 aromatic rings. The summed E-state index contributed by atoms with van der Waals surface area (Å²) in [4.78, 5) is 25.2. The fourth-order valence-corrected chi connectivity index (χ4v) is 5.96. The lowest BCUT2D eigenvalue weighted by atomic mass is 9.95. The van der Waals surface area contributed by atoms with Crippen LogP contribution in [0.15, 0.2) is 61.1 Å². The number of hydrogen-bond acceptors (Lipinski definition) is 5. The zero-order valence-corrected chi connectivity index (χ0v) is 20.7. The maximum absolute atomic E-state index is 13.9. The van der Waals surface area contributed by atoms with Gasteiger partial charge in [0.05, 0.1) is 17.4 Å². The fourth-order valence-electron chi connectivity index (χ4n) is 5.96. The van der Waals surface area contributed by atoms with Crippen molar-refractivity contribution in [2.45, 2.75) is 63.5 Å². The van der Waals surface area contributed by atoms with Crippen LogP contribution in [0, 0.1) is 6.92 Å². The van der Waals surface area contributed by atoms with Crippen molar-refractivity contribution in [1.82, 2.24) is 24.5 Å². The van der Waals surface area contributed by atoms with Crippen LogP contribution >= 0.6 is 0 Å². The maximum Gasteiger partial charge on any atom is 0.255 e. The third-order valence-electron chi connectivity index (χ3n) is 7.78. The van der Waals surface area contributed by atoms with Crippen LogP contribution < -0.4 is 5.73 Å². The Morgan fingerprint density at radius 3 is 2.78 bits per heavy atom. The average Bonchev–Trinajstić information content (AvgIpc) is 3.54. The molecule has 1 aliphatic heterocycles. The molecule has 1 saturated carbocycles. The van der Waals surface area contributed by atoms with Gasteiger partial charge in [-0.3, -0.25) is 9.78 Å². The normalized spacial score (nSPS) is 22.3. The minimum atomic E-state index is -0.0708. The molecule has 3 aromatic heterocycles. The lowest BCUT2D eigenvalue weighted by Gasteiger charge is -2.35. The van der Waals surface area contributed by atoms with Crippen molar-refractivity contribution in [3.63, 3.8) is 0 Å². The Morgan fingerprint density at radius 1 is 1.08 bits per heavy atom. The number of carbonyl (C=O) groups is 1. The van der Waals surface area contributed by atoms with Crippen molar-refractivity contribution in [3.8, 4) is 11.1 Å². The number of likely N-dealkylation sites (tertiary alicyclic amines) is 1. The number of rotatable bonds is 4. The fraction of sp³-hybridized carbons (Fsp3) is 0.379. The largest absolute Gasteiger partial charge is 0.330 e. The summed E-state index contributed by atoms with van der Waals surface area (Å²) in [5.74, 6) is 0.459. The molecule has 4 heterocycles. The van der Waals surface area contributed by atoms with Crippen molar-refractivity contribution >= 4 is 11.6 Å². The summed E-state index contributed by atoms with van der Waals surface area (Å²) >= 11 is 0. The molecule has 1 unspecified atom stereocenters. The second kappa shape index (κ2) is 9.47. The molecular weight excluding hydrogens is 448 g/mol. The molecule has 184 valence electrons. The predicted molar refractivity (Wildman–Crippen MR) is 140 cm³/mol. The zero-order valence-electron chi connectivity index (χ0n) is 20.7. The summed E-state index contributed by atoms with van der Waals surface area (Å²) in [6.45, 7) is 2.83. The van der Waals surface area contributed by atoms with Crippen LogP contribution in [0.2, 0.25) is 0 Å². The van der Waals surface area contributed by atoms with Crippen LogP contribution in [0.3, 0.4) is 0 Å². The van der Waals surface area contributed by atoms with Crippen molar-refractivity contribution < 1.29 is 4.79 Å². The first-order valence-corrected chi connectivity index (χ1v) is 13.0. The summed E-state index contributed by atoms with van der Waals surface area (Å²) in [5.41, 5.74) is 12.8. The minimum absolute atomic E-state index is 0.0426. The Kier molecular flexibility index (Phi) is 6.01. The van der Waals surface area contributed by atoms with E-state index in [1.54, 1.807) is 6.20 Å². The van der Waals surface area contributed by atoms with Gasteiger partial charge in [-0.2, -0.15) is 5.10 Å². The third-order valence-corrected chi connectivity index (χ3v) is 7.78.